The average molecular weight is 406 g/mol. The number of rotatable bonds is 5. The molecule has 0 fully saturated rings. The lowest BCUT2D eigenvalue weighted by Crippen LogP contribution is -2.01. The van der Waals surface area contributed by atoms with Gasteiger partial charge in [-0.3, -0.25) is 4.72 Å². The molecule has 0 aliphatic heterocycles. The molecule has 0 amide bonds. The van der Waals surface area contributed by atoms with Gasteiger partial charge in [0.05, 0.1) is 20.5 Å². The molecule has 2 aromatic carbocycles. The number of anilines is 1. The summed E-state index contributed by atoms with van der Waals surface area (Å²) in [6, 6.07) is 8.52. The predicted molar refractivity (Wildman–Crippen MR) is 97.5 cm³/mol. The number of nitrogens with one attached hydrogen (secondary N) is 1. The summed E-state index contributed by atoms with van der Waals surface area (Å²) in [5, 5.41) is 5.78. The summed E-state index contributed by atoms with van der Waals surface area (Å²) in [6.07, 6.45) is 1.50. The molecule has 5 nitrogen and oxygen atoms in total. The molecule has 0 aliphatic carbocycles. The molecular formula is C15H11Cl3N2O3S. The van der Waals surface area contributed by atoms with Crippen LogP contribution in [-0.2, 0) is 17.6 Å². The molecule has 0 saturated carbocycles. The molecule has 3 aromatic rings. The summed E-state index contributed by atoms with van der Waals surface area (Å²) in [6.45, 7) is 0.264. The molecule has 0 radical (unpaired) electrons. The Hall–Kier alpha value is -1.47. The third-order valence-corrected chi connectivity index (χ3v) is 4.66. The second-order valence-electron chi connectivity index (χ2n) is 4.90. The van der Waals surface area contributed by atoms with E-state index in [4.69, 9.17) is 44.1 Å². The van der Waals surface area contributed by atoms with Gasteiger partial charge in [0.1, 0.15) is 23.3 Å². The van der Waals surface area contributed by atoms with Crippen LogP contribution in [0, 0.1) is 0 Å². The van der Waals surface area contributed by atoms with Gasteiger partial charge < -0.3 is 9.26 Å². The first-order chi connectivity index (χ1) is 11.4. The minimum atomic E-state index is -1.27. The largest absolute Gasteiger partial charge is 0.487 e. The molecule has 24 heavy (non-hydrogen) atoms. The summed E-state index contributed by atoms with van der Waals surface area (Å²) in [4.78, 5) is 0. The molecule has 1 heterocycles. The van der Waals surface area contributed by atoms with Crippen LogP contribution in [0.15, 0.2) is 34.9 Å². The standard InChI is InChI=1S/C15H11Cl3N2O3S/c1-24(21)20-15-9-5-12(18)14(6-13(9)23-19-15)22-7-8-2-3-10(16)11(17)4-8/h2-6H,7H2,1H3,(H,19,20). The van der Waals surface area contributed by atoms with Crippen LogP contribution in [0.3, 0.4) is 0 Å². The highest BCUT2D eigenvalue weighted by atomic mass is 35.5. The van der Waals surface area contributed by atoms with Crippen LogP contribution in [0.2, 0.25) is 15.1 Å². The van der Waals surface area contributed by atoms with Crippen molar-refractivity contribution in [3.05, 3.63) is 51.0 Å². The van der Waals surface area contributed by atoms with Gasteiger partial charge in [0, 0.05) is 12.3 Å². The molecule has 1 aromatic heterocycles. The maximum atomic E-state index is 11.3. The number of halogens is 3. The van der Waals surface area contributed by atoms with E-state index in [-0.39, 0.29) is 6.61 Å². The van der Waals surface area contributed by atoms with Gasteiger partial charge in [-0.25, -0.2) is 4.21 Å². The van der Waals surface area contributed by atoms with E-state index < -0.39 is 11.0 Å². The second kappa shape index (κ2) is 7.19. The normalized spacial score (nSPS) is 12.3. The quantitative estimate of drug-likeness (QED) is 0.643. The Morgan fingerprint density at radius 1 is 1.17 bits per heavy atom. The molecule has 0 bridgehead atoms. The van der Waals surface area contributed by atoms with E-state index in [0.29, 0.717) is 37.6 Å². The first kappa shape index (κ1) is 17.4. The molecular weight excluding hydrogens is 395 g/mol. The Balaban J connectivity index is 1.83. The van der Waals surface area contributed by atoms with Crippen molar-refractivity contribution in [3.8, 4) is 5.75 Å². The highest BCUT2D eigenvalue weighted by Gasteiger charge is 2.14. The number of nitrogens with zero attached hydrogens (tertiary/aromatic N) is 1. The Morgan fingerprint density at radius 3 is 2.67 bits per heavy atom. The van der Waals surface area contributed by atoms with Crippen LogP contribution in [0.25, 0.3) is 11.0 Å². The maximum absolute atomic E-state index is 11.3. The molecule has 126 valence electrons. The zero-order chi connectivity index (χ0) is 17.3. The molecule has 3 rings (SSSR count). The fourth-order valence-corrected chi connectivity index (χ4v) is 3.01. The Labute approximate surface area is 155 Å². The Kier molecular flexibility index (Phi) is 5.20. The molecule has 0 saturated heterocycles. The molecule has 0 spiro atoms. The number of aromatic nitrogens is 1. The topological polar surface area (TPSA) is 64.4 Å². The lowest BCUT2D eigenvalue weighted by Gasteiger charge is -2.09. The van der Waals surface area contributed by atoms with Crippen molar-refractivity contribution in [3.63, 3.8) is 0 Å². The van der Waals surface area contributed by atoms with E-state index in [1.54, 1.807) is 24.3 Å². The minimum Gasteiger partial charge on any atom is -0.487 e. The van der Waals surface area contributed by atoms with Gasteiger partial charge in [-0.05, 0) is 23.8 Å². The summed E-state index contributed by atoms with van der Waals surface area (Å²) in [5.41, 5.74) is 1.32. The van der Waals surface area contributed by atoms with Crippen LogP contribution in [0.1, 0.15) is 5.56 Å². The van der Waals surface area contributed by atoms with Crippen molar-refractivity contribution in [2.24, 2.45) is 0 Å². The van der Waals surface area contributed by atoms with E-state index in [9.17, 15) is 4.21 Å². The summed E-state index contributed by atoms with van der Waals surface area (Å²) in [5.74, 6) is 0.805. The van der Waals surface area contributed by atoms with Crippen LogP contribution in [0.4, 0.5) is 5.82 Å². The summed E-state index contributed by atoms with van der Waals surface area (Å²) < 4.78 is 24.9. The second-order valence-corrected chi connectivity index (χ2v) is 7.24. The molecule has 1 atom stereocenters. The van der Waals surface area contributed by atoms with Crippen molar-refractivity contribution < 1.29 is 13.5 Å². The zero-order valence-electron chi connectivity index (χ0n) is 12.3. The molecule has 1 N–H and O–H groups in total. The molecule has 1 unspecified atom stereocenters. The maximum Gasteiger partial charge on any atom is 0.189 e. The minimum absolute atomic E-state index is 0.264. The monoisotopic (exact) mass is 404 g/mol. The van der Waals surface area contributed by atoms with Crippen LogP contribution in [0.5, 0.6) is 5.75 Å². The zero-order valence-corrected chi connectivity index (χ0v) is 15.4. The van der Waals surface area contributed by atoms with E-state index in [1.165, 1.54) is 6.26 Å². The fraction of sp³-hybridized carbons (Fsp3) is 0.133. The van der Waals surface area contributed by atoms with Crippen molar-refractivity contribution >= 4 is 62.6 Å². The SMILES string of the molecule is CS(=O)Nc1noc2cc(OCc3ccc(Cl)c(Cl)c3)c(Cl)cc12. The highest BCUT2D eigenvalue weighted by Crippen LogP contribution is 2.34. The van der Waals surface area contributed by atoms with Crippen molar-refractivity contribution in [1.29, 1.82) is 0 Å². The van der Waals surface area contributed by atoms with Crippen LogP contribution in [-0.4, -0.2) is 15.6 Å². The van der Waals surface area contributed by atoms with E-state index in [2.05, 4.69) is 9.88 Å². The van der Waals surface area contributed by atoms with Gasteiger partial charge >= 0.3 is 0 Å². The van der Waals surface area contributed by atoms with Crippen LogP contribution < -0.4 is 9.46 Å². The van der Waals surface area contributed by atoms with Gasteiger partial charge in [0.15, 0.2) is 11.4 Å². The number of hydrogen-bond donors (Lipinski definition) is 1. The highest BCUT2D eigenvalue weighted by molar-refractivity contribution is 7.85. The number of hydrogen-bond acceptors (Lipinski definition) is 4. The lowest BCUT2D eigenvalue weighted by molar-refractivity contribution is 0.306. The first-order valence-electron chi connectivity index (χ1n) is 6.70. The number of ether oxygens (including phenoxy) is 1. The number of fused-ring (bicyclic) bond motifs is 1. The third kappa shape index (κ3) is 3.78. The first-order valence-corrected chi connectivity index (χ1v) is 9.39. The van der Waals surface area contributed by atoms with E-state index in [1.807, 2.05) is 6.07 Å². The van der Waals surface area contributed by atoms with Gasteiger partial charge in [0.25, 0.3) is 0 Å². The Bertz CT molecular complexity index is 930. The fourth-order valence-electron chi connectivity index (χ4n) is 2.05. The van der Waals surface area contributed by atoms with Gasteiger partial charge in [-0.1, -0.05) is 46.0 Å². The number of benzene rings is 2. The lowest BCUT2D eigenvalue weighted by atomic mass is 10.2. The summed E-state index contributed by atoms with van der Waals surface area (Å²) >= 11 is 18.1. The molecule has 9 heteroatoms. The average Bonchev–Trinajstić information content (AvgIpc) is 2.89. The Morgan fingerprint density at radius 2 is 1.96 bits per heavy atom. The van der Waals surface area contributed by atoms with E-state index in [0.717, 1.165) is 5.56 Å². The van der Waals surface area contributed by atoms with Crippen molar-refractivity contribution in [2.75, 3.05) is 11.0 Å². The third-order valence-electron chi connectivity index (χ3n) is 3.14. The van der Waals surface area contributed by atoms with E-state index >= 15 is 0 Å². The molecule has 0 aliphatic rings. The van der Waals surface area contributed by atoms with Gasteiger partial charge in [-0.2, -0.15) is 0 Å². The predicted octanol–water partition coefficient (Wildman–Crippen LogP) is 5.07. The summed E-state index contributed by atoms with van der Waals surface area (Å²) in [7, 11) is -1.27. The van der Waals surface area contributed by atoms with Crippen molar-refractivity contribution in [2.45, 2.75) is 6.61 Å². The van der Waals surface area contributed by atoms with Gasteiger partial charge in [0.2, 0.25) is 0 Å². The smallest absolute Gasteiger partial charge is 0.189 e. The van der Waals surface area contributed by atoms with Crippen molar-refractivity contribution in [1.82, 2.24) is 5.16 Å². The van der Waals surface area contributed by atoms with Gasteiger partial charge in [-0.15, -0.1) is 0 Å². The van der Waals surface area contributed by atoms with Crippen LogP contribution >= 0.6 is 34.8 Å².